The first kappa shape index (κ1) is 17.5. The number of carbonyl (C=O) groups is 1. The summed E-state index contributed by atoms with van der Waals surface area (Å²) in [6.45, 7) is 1.90. The fraction of sp³-hybridized carbons (Fsp3) is 0.136. The summed E-state index contributed by atoms with van der Waals surface area (Å²) in [5.74, 6) is 1.31. The lowest BCUT2D eigenvalue weighted by Crippen LogP contribution is -2.17. The predicted molar refractivity (Wildman–Crippen MR) is 101 cm³/mol. The monoisotopic (exact) mass is 348 g/mol. The highest BCUT2D eigenvalue weighted by atomic mass is 16.6. The van der Waals surface area contributed by atoms with Gasteiger partial charge in [0.1, 0.15) is 17.2 Å². The number of rotatable bonds is 6. The van der Waals surface area contributed by atoms with E-state index >= 15 is 0 Å². The molecule has 3 aromatic carbocycles. The van der Waals surface area contributed by atoms with Gasteiger partial charge < -0.3 is 14.2 Å². The average Bonchev–Trinajstić information content (AvgIpc) is 2.68. The largest absolute Gasteiger partial charge is 0.497 e. The first-order valence-electron chi connectivity index (χ1n) is 8.29. The third-order valence-electron chi connectivity index (χ3n) is 3.89. The number of benzene rings is 3. The van der Waals surface area contributed by atoms with E-state index in [-0.39, 0.29) is 6.61 Å². The molecule has 0 atom stereocenters. The molecule has 0 fully saturated rings. The lowest BCUT2D eigenvalue weighted by atomic mass is 10.0. The summed E-state index contributed by atoms with van der Waals surface area (Å²) in [5, 5.41) is 0. The van der Waals surface area contributed by atoms with Gasteiger partial charge in [0.2, 0.25) is 0 Å². The van der Waals surface area contributed by atoms with Crippen LogP contribution in [0.1, 0.15) is 5.56 Å². The van der Waals surface area contributed by atoms with E-state index in [2.05, 4.69) is 31.2 Å². The first-order valence-corrected chi connectivity index (χ1v) is 8.29. The van der Waals surface area contributed by atoms with Crippen LogP contribution in [0.15, 0.2) is 72.8 Å². The van der Waals surface area contributed by atoms with Crippen LogP contribution in [0.4, 0.5) is 0 Å². The highest BCUT2D eigenvalue weighted by Gasteiger charge is 2.07. The Balaban J connectivity index is 1.53. The zero-order chi connectivity index (χ0) is 18.4. The Morgan fingerprint density at radius 3 is 1.81 bits per heavy atom. The molecule has 0 unspecified atom stereocenters. The second kappa shape index (κ2) is 8.21. The van der Waals surface area contributed by atoms with Crippen LogP contribution >= 0.6 is 0 Å². The molecular formula is C22H20O4. The zero-order valence-corrected chi connectivity index (χ0v) is 14.8. The van der Waals surface area contributed by atoms with E-state index in [9.17, 15) is 4.79 Å². The van der Waals surface area contributed by atoms with E-state index in [1.165, 1.54) is 5.56 Å². The normalized spacial score (nSPS) is 10.2. The standard InChI is InChI=1S/C22H20O4/c1-16-3-5-17(6-4-16)18-7-9-20(10-8-18)25-15-22(23)26-21-13-11-19(24-2)12-14-21/h3-14H,15H2,1-2H3. The van der Waals surface area contributed by atoms with Crippen molar-refractivity contribution in [3.8, 4) is 28.4 Å². The molecule has 3 aromatic rings. The van der Waals surface area contributed by atoms with E-state index in [1.54, 1.807) is 31.4 Å². The molecule has 0 spiro atoms. The SMILES string of the molecule is COc1ccc(OC(=O)COc2ccc(-c3ccc(C)cc3)cc2)cc1. The van der Waals surface area contributed by atoms with Crippen LogP contribution in [0.2, 0.25) is 0 Å². The molecule has 0 bridgehead atoms. The number of aryl methyl sites for hydroxylation is 1. The Morgan fingerprint density at radius 2 is 1.23 bits per heavy atom. The maximum Gasteiger partial charge on any atom is 0.349 e. The van der Waals surface area contributed by atoms with Crippen LogP contribution in [-0.2, 0) is 4.79 Å². The van der Waals surface area contributed by atoms with Gasteiger partial charge in [-0.3, -0.25) is 0 Å². The molecule has 0 aliphatic rings. The summed E-state index contributed by atoms with van der Waals surface area (Å²) < 4.78 is 15.8. The third-order valence-corrected chi connectivity index (χ3v) is 3.89. The minimum Gasteiger partial charge on any atom is -0.497 e. The van der Waals surface area contributed by atoms with E-state index < -0.39 is 5.97 Å². The summed E-state index contributed by atoms with van der Waals surface area (Å²) in [4.78, 5) is 11.9. The predicted octanol–water partition coefficient (Wildman–Crippen LogP) is 4.66. The van der Waals surface area contributed by atoms with E-state index in [4.69, 9.17) is 14.2 Å². The zero-order valence-electron chi connectivity index (χ0n) is 14.8. The van der Waals surface area contributed by atoms with E-state index in [0.29, 0.717) is 17.2 Å². The molecular weight excluding hydrogens is 328 g/mol. The minimum atomic E-state index is -0.460. The van der Waals surface area contributed by atoms with Crippen molar-refractivity contribution in [1.29, 1.82) is 0 Å². The number of carbonyl (C=O) groups excluding carboxylic acids is 1. The van der Waals surface area contributed by atoms with Crippen molar-refractivity contribution < 1.29 is 19.0 Å². The Labute approximate surface area is 153 Å². The van der Waals surface area contributed by atoms with Crippen LogP contribution in [0.5, 0.6) is 17.2 Å². The van der Waals surface area contributed by atoms with Gasteiger partial charge in [-0.25, -0.2) is 4.79 Å². The maximum atomic E-state index is 11.9. The number of methoxy groups -OCH3 is 1. The lowest BCUT2D eigenvalue weighted by Gasteiger charge is -2.08. The second-order valence-electron chi connectivity index (χ2n) is 5.83. The topological polar surface area (TPSA) is 44.8 Å². The molecule has 132 valence electrons. The highest BCUT2D eigenvalue weighted by Crippen LogP contribution is 2.23. The molecule has 26 heavy (non-hydrogen) atoms. The van der Waals surface area contributed by atoms with E-state index in [0.717, 1.165) is 11.1 Å². The second-order valence-corrected chi connectivity index (χ2v) is 5.83. The van der Waals surface area contributed by atoms with Gasteiger partial charge in [0, 0.05) is 0 Å². The molecule has 0 aliphatic heterocycles. The molecule has 0 aromatic heterocycles. The van der Waals surface area contributed by atoms with Gasteiger partial charge in [-0.05, 0) is 54.4 Å². The van der Waals surface area contributed by atoms with Crippen LogP contribution in [0, 0.1) is 6.92 Å². The van der Waals surface area contributed by atoms with Crippen molar-refractivity contribution in [2.75, 3.05) is 13.7 Å². The lowest BCUT2D eigenvalue weighted by molar-refractivity contribution is -0.136. The summed E-state index contributed by atoms with van der Waals surface area (Å²) in [6, 6.07) is 22.7. The molecule has 4 heteroatoms. The highest BCUT2D eigenvalue weighted by molar-refractivity contribution is 5.74. The number of esters is 1. The van der Waals surface area contributed by atoms with E-state index in [1.807, 2.05) is 24.3 Å². The quantitative estimate of drug-likeness (QED) is 0.480. The molecule has 0 heterocycles. The molecule has 3 rings (SSSR count). The Hall–Kier alpha value is -3.27. The van der Waals surface area contributed by atoms with Gasteiger partial charge in [0.15, 0.2) is 6.61 Å². The van der Waals surface area contributed by atoms with Gasteiger partial charge in [-0.1, -0.05) is 42.0 Å². The molecule has 0 N–H and O–H groups in total. The molecule has 0 radical (unpaired) electrons. The first-order chi connectivity index (χ1) is 12.6. The molecule has 0 saturated heterocycles. The number of hydrogen-bond donors (Lipinski definition) is 0. The maximum absolute atomic E-state index is 11.9. The molecule has 4 nitrogen and oxygen atoms in total. The van der Waals surface area contributed by atoms with Gasteiger partial charge in [-0.15, -0.1) is 0 Å². The van der Waals surface area contributed by atoms with Crippen molar-refractivity contribution in [2.24, 2.45) is 0 Å². The summed E-state index contributed by atoms with van der Waals surface area (Å²) in [6.07, 6.45) is 0. The van der Waals surface area contributed by atoms with Gasteiger partial charge >= 0.3 is 5.97 Å². The van der Waals surface area contributed by atoms with Crippen molar-refractivity contribution >= 4 is 5.97 Å². The van der Waals surface area contributed by atoms with Gasteiger partial charge in [0.05, 0.1) is 7.11 Å². The third kappa shape index (κ3) is 4.63. The number of hydrogen-bond acceptors (Lipinski definition) is 4. The number of ether oxygens (including phenoxy) is 3. The minimum absolute atomic E-state index is 0.157. The van der Waals surface area contributed by atoms with Crippen LogP contribution < -0.4 is 14.2 Å². The Bertz CT molecular complexity index is 850. The van der Waals surface area contributed by atoms with Gasteiger partial charge in [0.25, 0.3) is 0 Å². The van der Waals surface area contributed by atoms with Crippen molar-refractivity contribution in [1.82, 2.24) is 0 Å². The van der Waals surface area contributed by atoms with Crippen LogP contribution in [0.25, 0.3) is 11.1 Å². The van der Waals surface area contributed by atoms with Crippen molar-refractivity contribution in [3.63, 3.8) is 0 Å². The summed E-state index contributed by atoms with van der Waals surface area (Å²) >= 11 is 0. The van der Waals surface area contributed by atoms with Crippen molar-refractivity contribution in [3.05, 3.63) is 78.4 Å². The van der Waals surface area contributed by atoms with Gasteiger partial charge in [-0.2, -0.15) is 0 Å². The average molecular weight is 348 g/mol. The Morgan fingerprint density at radius 1 is 0.731 bits per heavy atom. The smallest absolute Gasteiger partial charge is 0.349 e. The molecule has 0 saturated carbocycles. The fourth-order valence-corrected chi connectivity index (χ4v) is 2.44. The molecule has 0 aliphatic carbocycles. The van der Waals surface area contributed by atoms with Crippen LogP contribution in [-0.4, -0.2) is 19.7 Å². The molecule has 0 amide bonds. The fourth-order valence-electron chi connectivity index (χ4n) is 2.44. The summed E-state index contributed by atoms with van der Waals surface area (Å²) in [7, 11) is 1.58. The summed E-state index contributed by atoms with van der Waals surface area (Å²) in [5.41, 5.74) is 3.46. The Kier molecular flexibility index (Phi) is 5.54. The van der Waals surface area contributed by atoms with Crippen LogP contribution in [0.3, 0.4) is 0 Å². The van der Waals surface area contributed by atoms with Crippen molar-refractivity contribution in [2.45, 2.75) is 6.92 Å².